The van der Waals surface area contributed by atoms with Crippen molar-refractivity contribution < 1.29 is 19.1 Å². The first-order valence-corrected chi connectivity index (χ1v) is 14.9. The number of carbonyl (C=O) groups is 3. The number of aryl methyl sites for hydroxylation is 1. The Morgan fingerprint density at radius 2 is 1.82 bits per heavy atom. The number of esters is 1. The Morgan fingerprint density at radius 1 is 1.12 bits per heavy atom. The van der Waals surface area contributed by atoms with Crippen LogP contribution in [0.5, 0.6) is 0 Å². The Balaban J connectivity index is 1.42. The largest absolute Gasteiger partial charge is 0.466 e. The summed E-state index contributed by atoms with van der Waals surface area (Å²) in [5.41, 5.74) is 1.37. The number of piperidine rings is 1. The number of aromatic nitrogens is 2. The third kappa shape index (κ3) is 7.36. The summed E-state index contributed by atoms with van der Waals surface area (Å²) in [5, 5.41) is 6.40. The molecule has 0 bridgehead atoms. The van der Waals surface area contributed by atoms with E-state index in [-0.39, 0.29) is 11.9 Å². The first-order chi connectivity index (χ1) is 19.3. The fraction of sp³-hybridized carbons (Fsp3) is 0.600. The molecule has 40 heavy (non-hydrogen) atoms. The maximum Gasteiger partial charge on any atom is 0.315 e. The van der Waals surface area contributed by atoms with Crippen LogP contribution < -0.4 is 10.6 Å². The Bertz CT molecular complexity index is 1140. The minimum absolute atomic E-state index is 0.113. The zero-order valence-electron chi connectivity index (χ0n) is 23.7. The van der Waals surface area contributed by atoms with Gasteiger partial charge in [-0.3, -0.25) is 9.59 Å². The third-order valence-corrected chi connectivity index (χ3v) is 8.83. The van der Waals surface area contributed by atoms with Crippen LogP contribution in [0.2, 0.25) is 5.02 Å². The molecule has 0 radical (unpaired) electrons. The molecule has 0 unspecified atom stereocenters. The molecule has 1 aliphatic heterocycles. The van der Waals surface area contributed by atoms with E-state index in [9.17, 15) is 14.4 Å². The van der Waals surface area contributed by atoms with Crippen molar-refractivity contribution in [2.75, 3.05) is 26.2 Å². The predicted molar refractivity (Wildman–Crippen MR) is 154 cm³/mol. The van der Waals surface area contributed by atoms with Gasteiger partial charge >= 0.3 is 12.0 Å². The van der Waals surface area contributed by atoms with Gasteiger partial charge in [0.25, 0.3) is 0 Å². The molecule has 2 aliphatic rings. The van der Waals surface area contributed by atoms with Crippen molar-refractivity contribution in [1.29, 1.82) is 0 Å². The van der Waals surface area contributed by atoms with E-state index >= 15 is 0 Å². The van der Waals surface area contributed by atoms with E-state index in [0.717, 1.165) is 36.9 Å². The highest BCUT2D eigenvalue weighted by Crippen LogP contribution is 2.47. The summed E-state index contributed by atoms with van der Waals surface area (Å²) in [5.74, 6) is 0.0428. The van der Waals surface area contributed by atoms with Gasteiger partial charge in [-0.25, -0.2) is 9.78 Å². The lowest BCUT2D eigenvalue weighted by molar-refractivity contribution is -0.166. The van der Waals surface area contributed by atoms with Gasteiger partial charge in [0, 0.05) is 56.4 Å². The quantitative estimate of drug-likeness (QED) is 0.414. The lowest BCUT2D eigenvalue weighted by Gasteiger charge is -2.46. The standard InChI is InChI=1S/C30H42ClN5O4/c1-3-40-28(38)30(23-7-5-4-6-8-23)14-17-36(18-15-30)27(37)26(19-22-9-11-24(31)12-10-22)34-29(39)33-16-13-25-20-32-21-35(25)2/h9-12,20-21,23,26H,3-8,13-19H2,1-2H3,(H2,33,34,39)/t26-/m1/s1. The molecular weight excluding hydrogens is 530 g/mol. The van der Waals surface area contributed by atoms with Crippen LogP contribution in [0.4, 0.5) is 4.79 Å². The van der Waals surface area contributed by atoms with Gasteiger partial charge in [0.05, 0.1) is 18.3 Å². The monoisotopic (exact) mass is 571 g/mol. The first-order valence-electron chi connectivity index (χ1n) is 14.5. The Kier molecular flexibility index (Phi) is 10.5. The van der Waals surface area contributed by atoms with Crippen molar-refractivity contribution in [3.05, 3.63) is 53.1 Å². The van der Waals surface area contributed by atoms with Crippen LogP contribution in [-0.2, 0) is 34.2 Å². The fourth-order valence-corrected chi connectivity index (χ4v) is 6.38. The van der Waals surface area contributed by atoms with E-state index in [1.807, 2.05) is 30.7 Å². The molecule has 218 valence electrons. The normalized spacial score (nSPS) is 18.1. The van der Waals surface area contributed by atoms with Crippen molar-refractivity contribution in [3.63, 3.8) is 0 Å². The molecule has 2 aromatic rings. The molecule has 1 aromatic carbocycles. The number of hydrogen-bond donors (Lipinski definition) is 2. The first kappa shape index (κ1) is 29.9. The Hall–Kier alpha value is -3.07. The highest BCUT2D eigenvalue weighted by molar-refractivity contribution is 6.30. The Labute approximate surface area is 242 Å². The van der Waals surface area contributed by atoms with Crippen LogP contribution in [0.25, 0.3) is 0 Å². The number of halogens is 1. The average molecular weight is 572 g/mol. The summed E-state index contributed by atoms with van der Waals surface area (Å²) in [6, 6.07) is 6.17. The lowest BCUT2D eigenvalue weighted by atomic mass is 9.63. The van der Waals surface area contributed by atoms with Crippen LogP contribution >= 0.6 is 11.6 Å². The van der Waals surface area contributed by atoms with Crippen molar-refractivity contribution in [1.82, 2.24) is 25.1 Å². The molecule has 3 amide bonds. The van der Waals surface area contributed by atoms with E-state index in [4.69, 9.17) is 16.3 Å². The molecule has 1 aliphatic carbocycles. The topological polar surface area (TPSA) is 106 Å². The highest BCUT2D eigenvalue weighted by Gasteiger charge is 2.49. The molecule has 1 saturated heterocycles. The van der Waals surface area contributed by atoms with Gasteiger partial charge in [-0.15, -0.1) is 0 Å². The summed E-state index contributed by atoms with van der Waals surface area (Å²) in [6.45, 7) is 3.56. The minimum atomic E-state index is -0.748. The van der Waals surface area contributed by atoms with Crippen LogP contribution in [0.1, 0.15) is 63.1 Å². The number of nitrogens with zero attached hydrogens (tertiary/aromatic N) is 3. The van der Waals surface area contributed by atoms with E-state index in [1.54, 1.807) is 29.6 Å². The van der Waals surface area contributed by atoms with Crippen LogP contribution in [0.15, 0.2) is 36.8 Å². The van der Waals surface area contributed by atoms with Gasteiger partial charge in [0.15, 0.2) is 0 Å². The molecule has 9 nitrogen and oxygen atoms in total. The average Bonchev–Trinajstić information content (AvgIpc) is 3.38. The number of imidazole rings is 1. The lowest BCUT2D eigenvalue weighted by Crippen LogP contribution is -2.56. The maximum absolute atomic E-state index is 13.8. The van der Waals surface area contributed by atoms with Crippen LogP contribution in [0.3, 0.4) is 0 Å². The zero-order chi connectivity index (χ0) is 28.5. The van der Waals surface area contributed by atoms with Crippen molar-refractivity contribution in [2.45, 2.75) is 70.8 Å². The smallest absolute Gasteiger partial charge is 0.315 e. The molecule has 1 atom stereocenters. The van der Waals surface area contributed by atoms with Crippen molar-refractivity contribution >= 4 is 29.5 Å². The van der Waals surface area contributed by atoms with Crippen LogP contribution in [-0.4, -0.2) is 64.6 Å². The van der Waals surface area contributed by atoms with Gasteiger partial charge in [0.1, 0.15) is 6.04 Å². The van der Waals surface area contributed by atoms with E-state index in [2.05, 4.69) is 15.6 Å². The molecule has 4 rings (SSSR count). The molecule has 2 N–H and O–H groups in total. The van der Waals surface area contributed by atoms with Gasteiger partial charge in [-0.2, -0.15) is 0 Å². The second kappa shape index (κ2) is 14.0. The summed E-state index contributed by atoms with van der Waals surface area (Å²) >= 11 is 6.07. The third-order valence-electron chi connectivity index (χ3n) is 8.58. The predicted octanol–water partition coefficient (Wildman–Crippen LogP) is 4.28. The number of urea groups is 1. The molecular formula is C30H42ClN5O4. The van der Waals surface area contributed by atoms with E-state index < -0.39 is 17.5 Å². The highest BCUT2D eigenvalue weighted by atomic mass is 35.5. The molecule has 1 saturated carbocycles. The SMILES string of the molecule is CCOC(=O)C1(C2CCCCC2)CCN(C(=O)[C@@H](Cc2ccc(Cl)cc2)NC(=O)NCCc2cncn2C)CC1. The number of benzene rings is 1. The Morgan fingerprint density at radius 3 is 2.45 bits per heavy atom. The number of amides is 3. The minimum Gasteiger partial charge on any atom is -0.466 e. The maximum atomic E-state index is 13.8. The van der Waals surface area contributed by atoms with E-state index in [1.165, 1.54) is 6.42 Å². The number of nitrogens with one attached hydrogen (secondary N) is 2. The number of ether oxygens (including phenoxy) is 1. The second-order valence-electron chi connectivity index (χ2n) is 11.1. The van der Waals surface area contributed by atoms with Gasteiger partial charge in [-0.1, -0.05) is 43.0 Å². The summed E-state index contributed by atoms with van der Waals surface area (Å²) in [4.78, 5) is 45.8. The van der Waals surface area contributed by atoms with Gasteiger partial charge in [-0.05, 0) is 56.2 Å². The van der Waals surface area contributed by atoms with Crippen LogP contribution in [0, 0.1) is 11.3 Å². The summed E-state index contributed by atoms with van der Waals surface area (Å²) in [7, 11) is 1.91. The molecule has 2 fully saturated rings. The zero-order valence-corrected chi connectivity index (χ0v) is 24.4. The number of carbonyl (C=O) groups excluding carboxylic acids is 3. The molecule has 2 heterocycles. The number of rotatable bonds is 10. The molecule has 0 spiro atoms. The molecule has 10 heteroatoms. The number of hydrogen-bond acceptors (Lipinski definition) is 5. The van der Waals surface area contributed by atoms with Crippen molar-refractivity contribution in [3.8, 4) is 0 Å². The van der Waals surface area contributed by atoms with Gasteiger partial charge < -0.3 is 24.8 Å². The van der Waals surface area contributed by atoms with E-state index in [0.29, 0.717) is 62.9 Å². The number of likely N-dealkylation sites (tertiary alicyclic amines) is 1. The van der Waals surface area contributed by atoms with Gasteiger partial charge in [0.2, 0.25) is 5.91 Å². The summed E-state index contributed by atoms with van der Waals surface area (Å²) < 4.78 is 7.48. The molecule has 1 aromatic heterocycles. The second-order valence-corrected chi connectivity index (χ2v) is 11.5. The summed E-state index contributed by atoms with van der Waals surface area (Å²) in [6.07, 6.45) is 11.2. The van der Waals surface area contributed by atoms with Crippen molar-refractivity contribution in [2.24, 2.45) is 18.4 Å². The fourth-order valence-electron chi connectivity index (χ4n) is 6.25.